The molecule has 2 rings (SSSR count). The molecule has 1 heterocycles. The van der Waals surface area contributed by atoms with Crippen LogP contribution in [0.5, 0.6) is 0 Å². The van der Waals surface area contributed by atoms with Crippen LogP contribution >= 0.6 is 0 Å². The molecule has 1 aromatic carbocycles. The van der Waals surface area contributed by atoms with Crippen LogP contribution in [0.15, 0.2) is 29.2 Å². The van der Waals surface area contributed by atoms with Crippen LogP contribution in [-0.4, -0.2) is 27.7 Å². The Labute approximate surface area is 113 Å². The van der Waals surface area contributed by atoms with Gasteiger partial charge in [-0.15, -0.1) is 0 Å². The highest BCUT2D eigenvalue weighted by atomic mass is 32.2. The number of nitrogens with one attached hydrogen (secondary N) is 1. The molecule has 0 aromatic heterocycles. The van der Waals surface area contributed by atoms with Gasteiger partial charge in [-0.25, -0.2) is 13.1 Å². The molecule has 6 heteroatoms. The Morgan fingerprint density at radius 3 is 3.00 bits per heavy atom. The fourth-order valence-corrected chi connectivity index (χ4v) is 3.14. The second kappa shape index (κ2) is 6.15. The van der Waals surface area contributed by atoms with Crippen LogP contribution in [-0.2, 0) is 14.8 Å². The van der Waals surface area contributed by atoms with Crippen molar-refractivity contribution in [1.82, 2.24) is 4.72 Å². The van der Waals surface area contributed by atoms with Gasteiger partial charge >= 0.3 is 0 Å². The lowest BCUT2D eigenvalue weighted by Gasteiger charge is -2.10. The van der Waals surface area contributed by atoms with Crippen LogP contribution < -0.4 is 4.72 Å². The molecule has 1 aliphatic heterocycles. The minimum absolute atomic E-state index is 0.124. The molecule has 0 bridgehead atoms. The number of ether oxygens (including phenoxy) is 1. The Morgan fingerprint density at radius 2 is 2.32 bits per heavy atom. The first kappa shape index (κ1) is 14.0. The molecule has 1 aliphatic rings. The highest BCUT2D eigenvalue weighted by Gasteiger charge is 2.18. The van der Waals surface area contributed by atoms with E-state index in [1.54, 1.807) is 12.1 Å². The summed E-state index contributed by atoms with van der Waals surface area (Å²) in [6, 6.07) is 7.92. The molecule has 0 radical (unpaired) electrons. The normalized spacial score (nSPS) is 19.2. The van der Waals surface area contributed by atoms with Crippen molar-refractivity contribution in [2.24, 2.45) is 0 Å². The predicted octanol–water partition coefficient (Wildman–Crippen LogP) is 1.41. The maximum Gasteiger partial charge on any atom is 0.240 e. The van der Waals surface area contributed by atoms with Crippen molar-refractivity contribution in [2.75, 3.05) is 13.2 Å². The Bertz CT molecular complexity index is 572. The number of nitrogens with zero attached hydrogens (tertiary/aromatic N) is 1. The van der Waals surface area contributed by atoms with E-state index in [-0.39, 0.29) is 11.0 Å². The topological polar surface area (TPSA) is 79.2 Å². The zero-order chi connectivity index (χ0) is 13.7. The first-order valence-corrected chi connectivity index (χ1v) is 7.71. The smallest absolute Gasteiger partial charge is 0.240 e. The van der Waals surface area contributed by atoms with E-state index in [4.69, 9.17) is 10.00 Å². The van der Waals surface area contributed by atoms with Gasteiger partial charge in [0, 0.05) is 13.2 Å². The van der Waals surface area contributed by atoms with Crippen LogP contribution in [0, 0.1) is 11.3 Å². The fourth-order valence-electron chi connectivity index (χ4n) is 2.04. The van der Waals surface area contributed by atoms with Crippen molar-refractivity contribution in [3.05, 3.63) is 29.8 Å². The third-order valence-corrected chi connectivity index (χ3v) is 4.51. The Hall–Kier alpha value is -1.42. The van der Waals surface area contributed by atoms with E-state index in [0.29, 0.717) is 18.5 Å². The Morgan fingerprint density at radius 1 is 1.47 bits per heavy atom. The van der Waals surface area contributed by atoms with Crippen LogP contribution in [0.4, 0.5) is 0 Å². The maximum absolute atomic E-state index is 12.0. The lowest BCUT2D eigenvalue weighted by Crippen LogP contribution is -2.27. The molecule has 0 unspecified atom stereocenters. The third-order valence-electron chi connectivity index (χ3n) is 3.06. The summed E-state index contributed by atoms with van der Waals surface area (Å²) in [5.41, 5.74) is 0.335. The molecule has 19 heavy (non-hydrogen) atoms. The molecule has 0 amide bonds. The summed E-state index contributed by atoms with van der Waals surface area (Å²) in [7, 11) is -3.54. The van der Waals surface area contributed by atoms with Crippen molar-refractivity contribution in [2.45, 2.75) is 30.3 Å². The van der Waals surface area contributed by atoms with Crippen LogP contribution in [0.1, 0.15) is 24.8 Å². The van der Waals surface area contributed by atoms with Gasteiger partial charge in [0.2, 0.25) is 10.0 Å². The number of hydrogen-bond donors (Lipinski definition) is 1. The molecular weight excluding hydrogens is 264 g/mol. The molecule has 1 N–H and O–H groups in total. The Kier molecular flexibility index (Phi) is 4.53. The summed E-state index contributed by atoms with van der Waals surface area (Å²) < 4.78 is 32.0. The molecule has 0 spiro atoms. The third kappa shape index (κ3) is 3.77. The number of benzene rings is 1. The van der Waals surface area contributed by atoms with Gasteiger partial charge in [0.15, 0.2) is 0 Å². The SMILES string of the molecule is N#Cc1cccc(S(=O)(=O)NCC[C@H]2CCCO2)c1. The number of nitriles is 1. The molecule has 0 aliphatic carbocycles. The molecule has 5 nitrogen and oxygen atoms in total. The van der Waals surface area contributed by atoms with E-state index in [0.717, 1.165) is 19.4 Å². The molecule has 1 fully saturated rings. The lowest BCUT2D eigenvalue weighted by atomic mass is 10.2. The van der Waals surface area contributed by atoms with Crippen molar-refractivity contribution in [3.63, 3.8) is 0 Å². The van der Waals surface area contributed by atoms with Crippen molar-refractivity contribution >= 4 is 10.0 Å². The standard InChI is InChI=1S/C13H16N2O3S/c14-10-11-3-1-5-13(9-11)19(16,17)15-7-6-12-4-2-8-18-12/h1,3,5,9,12,15H,2,4,6-8H2/t12-/m1/s1. The van der Waals surface area contributed by atoms with Gasteiger partial charge in [-0.2, -0.15) is 5.26 Å². The van der Waals surface area contributed by atoms with Gasteiger partial charge < -0.3 is 4.74 Å². The van der Waals surface area contributed by atoms with E-state index >= 15 is 0 Å². The molecule has 0 saturated carbocycles. The highest BCUT2D eigenvalue weighted by Crippen LogP contribution is 2.15. The second-order valence-corrected chi connectivity index (χ2v) is 6.23. The first-order valence-electron chi connectivity index (χ1n) is 6.23. The first-order chi connectivity index (χ1) is 9.12. The summed E-state index contributed by atoms with van der Waals surface area (Å²) in [5, 5.41) is 8.77. The van der Waals surface area contributed by atoms with Gasteiger partial charge in [-0.3, -0.25) is 0 Å². The highest BCUT2D eigenvalue weighted by molar-refractivity contribution is 7.89. The van der Waals surface area contributed by atoms with Crippen molar-refractivity contribution < 1.29 is 13.2 Å². The van der Waals surface area contributed by atoms with Gasteiger partial charge in [-0.05, 0) is 37.5 Å². The van der Waals surface area contributed by atoms with Crippen LogP contribution in [0.3, 0.4) is 0 Å². The summed E-state index contributed by atoms with van der Waals surface area (Å²) >= 11 is 0. The molecular formula is C13H16N2O3S. The minimum Gasteiger partial charge on any atom is -0.378 e. The average Bonchev–Trinajstić information content (AvgIpc) is 2.92. The monoisotopic (exact) mass is 280 g/mol. The number of rotatable bonds is 5. The average molecular weight is 280 g/mol. The zero-order valence-corrected chi connectivity index (χ0v) is 11.3. The molecule has 1 atom stereocenters. The lowest BCUT2D eigenvalue weighted by molar-refractivity contribution is 0.105. The summed E-state index contributed by atoms with van der Waals surface area (Å²) in [6.45, 7) is 1.12. The van der Waals surface area contributed by atoms with E-state index < -0.39 is 10.0 Å². The quantitative estimate of drug-likeness (QED) is 0.884. The zero-order valence-electron chi connectivity index (χ0n) is 10.5. The fraction of sp³-hybridized carbons (Fsp3) is 0.462. The number of sulfonamides is 1. The second-order valence-electron chi connectivity index (χ2n) is 4.46. The largest absolute Gasteiger partial charge is 0.378 e. The van der Waals surface area contributed by atoms with Gasteiger partial charge in [0.1, 0.15) is 0 Å². The minimum atomic E-state index is -3.54. The van der Waals surface area contributed by atoms with E-state index in [2.05, 4.69) is 4.72 Å². The maximum atomic E-state index is 12.0. The van der Waals surface area contributed by atoms with Gasteiger partial charge in [-0.1, -0.05) is 6.07 Å². The van der Waals surface area contributed by atoms with Crippen molar-refractivity contribution in [3.8, 4) is 6.07 Å². The summed E-state index contributed by atoms with van der Waals surface area (Å²) in [6.07, 6.45) is 2.87. The van der Waals surface area contributed by atoms with Crippen molar-refractivity contribution in [1.29, 1.82) is 5.26 Å². The van der Waals surface area contributed by atoms with Gasteiger partial charge in [0.05, 0.1) is 22.6 Å². The predicted molar refractivity (Wildman–Crippen MR) is 69.9 cm³/mol. The van der Waals surface area contributed by atoms with Crippen LogP contribution in [0.2, 0.25) is 0 Å². The van der Waals surface area contributed by atoms with E-state index in [1.807, 2.05) is 6.07 Å². The summed E-state index contributed by atoms with van der Waals surface area (Å²) in [5.74, 6) is 0. The van der Waals surface area contributed by atoms with E-state index in [9.17, 15) is 8.42 Å². The van der Waals surface area contributed by atoms with Crippen LogP contribution in [0.25, 0.3) is 0 Å². The number of hydrogen-bond acceptors (Lipinski definition) is 4. The molecule has 1 aromatic rings. The van der Waals surface area contributed by atoms with E-state index in [1.165, 1.54) is 12.1 Å². The van der Waals surface area contributed by atoms with Gasteiger partial charge in [0.25, 0.3) is 0 Å². The summed E-state index contributed by atoms with van der Waals surface area (Å²) in [4.78, 5) is 0.124. The molecule has 102 valence electrons. The molecule has 1 saturated heterocycles. The Balaban J connectivity index is 1.95.